The molecule has 0 saturated carbocycles. The Morgan fingerprint density at radius 2 is 2.08 bits per heavy atom. The topological polar surface area (TPSA) is 0 Å². The lowest BCUT2D eigenvalue weighted by Gasteiger charge is -2.00. The fraction of sp³-hybridized carbons (Fsp3) is 0.125. The first-order valence-corrected chi connectivity index (χ1v) is 3.98. The van der Waals surface area contributed by atoms with Crippen LogP contribution in [0.5, 0.6) is 0 Å². The summed E-state index contributed by atoms with van der Waals surface area (Å²) >= 11 is 10.1. The third kappa shape index (κ3) is 2.22. The van der Waals surface area contributed by atoms with Crippen LogP contribution in [0, 0.1) is 0 Å². The zero-order valence-electron chi connectivity index (χ0n) is 5.93. The second-order valence-electron chi connectivity index (χ2n) is 2.20. The summed E-state index contributed by atoms with van der Waals surface area (Å²) in [5.74, 6) is 0. The predicted molar refractivity (Wildman–Crippen MR) is 49.0 cm³/mol. The van der Waals surface area contributed by atoms with Crippen LogP contribution in [0.3, 0.4) is 0 Å². The fourth-order valence-electron chi connectivity index (χ4n) is 0.797. The van der Waals surface area contributed by atoms with Gasteiger partial charge in [0, 0.05) is 11.1 Å². The number of benzene rings is 1. The van der Waals surface area contributed by atoms with Gasteiger partial charge < -0.3 is 0 Å². The maximum absolute atomic E-state index is 12.1. The maximum atomic E-state index is 12.1. The number of rotatable bonds is 2. The molecule has 0 saturated heterocycles. The average molecular weight is 207 g/mol. The summed E-state index contributed by atoms with van der Waals surface area (Å²) in [6.07, 6.45) is -2.48. The summed E-state index contributed by atoms with van der Waals surface area (Å²) in [4.78, 5) is 0. The van der Waals surface area contributed by atoms with Crippen molar-refractivity contribution in [2.24, 2.45) is 0 Å². The number of thiocarbonyl (C=S) groups is 1. The van der Waals surface area contributed by atoms with Gasteiger partial charge in [-0.15, -0.1) is 0 Å². The van der Waals surface area contributed by atoms with Crippen molar-refractivity contribution in [3.63, 3.8) is 0 Å². The molecule has 0 aromatic heterocycles. The van der Waals surface area contributed by atoms with E-state index in [2.05, 4.69) is 12.2 Å². The molecular weight excluding hydrogens is 202 g/mol. The van der Waals surface area contributed by atoms with Crippen LogP contribution in [0.4, 0.5) is 8.78 Å². The molecule has 1 aromatic carbocycles. The Labute approximate surface area is 79.2 Å². The summed E-state index contributed by atoms with van der Waals surface area (Å²) in [6.45, 7) is 0. The first kappa shape index (κ1) is 9.55. The van der Waals surface area contributed by atoms with Crippen LogP contribution < -0.4 is 0 Å². The zero-order chi connectivity index (χ0) is 9.14. The third-order valence-electron chi connectivity index (χ3n) is 1.37. The van der Waals surface area contributed by atoms with E-state index in [1.54, 1.807) is 6.07 Å². The van der Waals surface area contributed by atoms with Gasteiger partial charge in [-0.25, -0.2) is 8.78 Å². The van der Waals surface area contributed by atoms with Crippen molar-refractivity contribution in [2.45, 2.75) is 6.43 Å². The molecule has 0 fully saturated rings. The van der Waals surface area contributed by atoms with Crippen LogP contribution >= 0.6 is 23.8 Å². The van der Waals surface area contributed by atoms with Crippen LogP contribution in [0.15, 0.2) is 24.3 Å². The van der Waals surface area contributed by atoms with Crippen molar-refractivity contribution >= 4 is 28.1 Å². The van der Waals surface area contributed by atoms with Gasteiger partial charge in [0.2, 0.25) is 0 Å². The highest BCUT2D eigenvalue weighted by molar-refractivity contribution is 7.83. The van der Waals surface area contributed by atoms with Gasteiger partial charge in [0.25, 0.3) is 6.43 Å². The van der Waals surface area contributed by atoms with E-state index >= 15 is 0 Å². The maximum Gasteiger partial charge on any atom is 0.263 e. The van der Waals surface area contributed by atoms with Gasteiger partial charge in [-0.2, -0.15) is 0 Å². The van der Waals surface area contributed by atoms with E-state index in [4.69, 9.17) is 11.6 Å². The first-order chi connectivity index (χ1) is 5.61. The quantitative estimate of drug-likeness (QED) is 0.527. The molecule has 0 nitrogen and oxygen atoms in total. The molecule has 4 heteroatoms. The molecule has 0 radical (unpaired) electrons. The minimum Gasteiger partial charge on any atom is -0.205 e. The first-order valence-electron chi connectivity index (χ1n) is 3.19. The van der Waals surface area contributed by atoms with Crippen molar-refractivity contribution in [1.82, 2.24) is 0 Å². The molecule has 1 rings (SSSR count). The van der Waals surface area contributed by atoms with Crippen molar-refractivity contribution in [3.05, 3.63) is 35.4 Å². The number of halogens is 3. The van der Waals surface area contributed by atoms with E-state index in [9.17, 15) is 8.78 Å². The molecule has 0 aliphatic rings. The molecule has 0 atom stereocenters. The van der Waals surface area contributed by atoms with E-state index in [0.717, 1.165) is 0 Å². The van der Waals surface area contributed by atoms with Gasteiger partial charge >= 0.3 is 0 Å². The lowest BCUT2D eigenvalue weighted by molar-refractivity contribution is 0.151. The SMILES string of the molecule is FC(F)c1cccc(C(=S)Cl)c1. The average Bonchev–Trinajstić information content (AvgIpc) is 2.04. The smallest absolute Gasteiger partial charge is 0.205 e. The van der Waals surface area contributed by atoms with E-state index in [1.165, 1.54) is 18.2 Å². The van der Waals surface area contributed by atoms with Crippen molar-refractivity contribution in [3.8, 4) is 0 Å². The van der Waals surface area contributed by atoms with Crippen LogP contribution in [-0.2, 0) is 0 Å². The third-order valence-corrected chi connectivity index (χ3v) is 1.82. The second-order valence-corrected chi connectivity index (χ2v) is 3.21. The normalized spacial score (nSPS) is 10.3. The summed E-state index contributed by atoms with van der Waals surface area (Å²) in [6, 6.07) is 5.73. The summed E-state index contributed by atoms with van der Waals surface area (Å²) < 4.78 is 24.4. The fourth-order valence-corrected chi connectivity index (χ4v) is 1.04. The number of hydrogen-bond donors (Lipinski definition) is 0. The molecule has 64 valence electrons. The Morgan fingerprint density at radius 1 is 1.42 bits per heavy atom. The molecule has 0 heterocycles. The van der Waals surface area contributed by atoms with Gasteiger partial charge in [-0.1, -0.05) is 42.0 Å². The Hall–Kier alpha value is -0.540. The summed E-state index contributed by atoms with van der Waals surface area (Å²) in [7, 11) is 0. The lowest BCUT2D eigenvalue weighted by Crippen LogP contribution is -1.90. The highest BCUT2D eigenvalue weighted by Gasteiger charge is 2.07. The Balaban J connectivity index is 3.04. The van der Waals surface area contributed by atoms with Crippen molar-refractivity contribution < 1.29 is 8.78 Å². The summed E-state index contributed by atoms with van der Waals surface area (Å²) in [5.41, 5.74) is 0.403. The van der Waals surface area contributed by atoms with Crippen LogP contribution in [0.1, 0.15) is 17.6 Å². The van der Waals surface area contributed by atoms with Gasteiger partial charge in [0.1, 0.15) is 4.32 Å². The standard InChI is InChI=1S/C8H5ClF2S/c9-7(12)5-2-1-3-6(4-5)8(10)11/h1-4,8H. The van der Waals surface area contributed by atoms with Crippen molar-refractivity contribution in [2.75, 3.05) is 0 Å². The molecule has 12 heavy (non-hydrogen) atoms. The van der Waals surface area contributed by atoms with E-state index in [1.807, 2.05) is 0 Å². The van der Waals surface area contributed by atoms with E-state index in [0.29, 0.717) is 5.56 Å². The number of hydrogen-bond acceptors (Lipinski definition) is 1. The minimum absolute atomic E-state index is 0.0597. The molecule has 1 aromatic rings. The lowest BCUT2D eigenvalue weighted by atomic mass is 10.1. The predicted octanol–water partition coefficient (Wildman–Crippen LogP) is 3.54. The Morgan fingerprint density at radius 3 is 2.58 bits per heavy atom. The molecule has 0 spiro atoms. The molecule has 0 aliphatic heterocycles. The van der Waals surface area contributed by atoms with Crippen LogP contribution in [0.25, 0.3) is 0 Å². The molecule has 0 N–H and O–H groups in total. The zero-order valence-corrected chi connectivity index (χ0v) is 7.50. The van der Waals surface area contributed by atoms with Gasteiger partial charge in [0.15, 0.2) is 0 Å². The largest absolute Gasteiger partial charge is 0.263 e. The molecule has 0 unspecified atom stereocenters. The monoisotopic (exact) mass is 206 g/mol. The van der Waals surface area contributed by atoms with Crippen LogP contribution in [-0.4, -0.2) is 4.32 Å². The van der Waals surface area contributed by atoms with E-state index < -0.39 is 6.43 Å². The molecular formula is C8H5ClF2S. The number of alkyl halides is 2. The summed E-state index contributed by atoms with van der Waals surface area (Å²) in [5, 5.41) is 0. The highest BCUT2D eigenvalue weighted by atomic mass is 35.5. The highest BCUT2D eigenvalue weighted by Crippen LogP contribution is 2.20. The van der Waals surface area contributed by atoms with Gasteiger partial charge in [0.05, 0.1) is 0 Å². The minimum atomic E-state index is -2.48. The van der Waals surface area contributed by atoms with Gasteiger partial charge in [-0.3, -0.25) is 0 Å². The Bertz CT molecular complexity index is 299. The molecule has 0 bridgehead atoms. The van der Waals surface area contributed by atoms with Crippen LogP contribution in [0.2, 0.25) is 0 Å². The molecule has 0 aliphatic carbocycles. The Kier molecular flexibility index (Phi) is 3.12. The van der Waals surface area contributed by atoms with Crippen molar-refractivity contribution in [1.29, 1.82) is 0 Å². The second kappa shape index (κ2) is 3.92. The van der Waals surface area contributed by atoms with E-state index in [-0.39, 0.29) is 9.89 Å². The van der Waals surface area contributed by atoms with Gasteiger partial charge in [-0.05, 0) is 6.07 Å². The molecule has 0 amide bonds.